The Morgan fingerprint density at radius 2 is 2.10 bits per heavy atom. The van der Waals surface area contributed by atoms with Crippen molar-refractivity contribution in [3.05, 3.63) is 35.4 Å². The van der Waals surface area contributed by atoms with Crippen LogP contribution in [0.25, 0.3) is 0 Å². The van der Waals surface area contributed by atoms with E-state index in [0.717, 1.165) is 18.2 Å². The molecule has 1 aliphatic rings. The van der Waals surface area contributed by atoms with Crippen molar-refractivity contribution >= 4 is 15.9 Å². The van der Waals surface area contributed by atoms with E-state index in [2.05, 4.69) is 0 Å². The van der Waals surface area contributed by atoms with Crippen molar-refractivity contribution in [3.8, 4) is 0 Å². The molecular formula is C13H15F2NO3S. The van der Waals surface area contributed by atoms with Crippen LogP contribution >= 0.6 is 0 Å². The molecule has 1 fully saturated rings. The van der Waals surface area contributed by atoms with E-state index in [1.165, 1.54) is 0 Å². The second kappa shape index (κ2) is 5.47. The molecule has 0 aliphatic heterocycles. The number of sulfonamides is 1. The van der Waals surface area contributed by atoms with Crippen LogP contribution in [-0.4, -0.2) is 20.1 Å². The van der Waals surface area contributed by atoms with Gasteiger partial charge in [0.15, 0.2) is 0 Å². The number of rotatable bonds is 5. The lowest BCUT2D eigenvalue weighted by Crippen LogP contribution is -2.33. The third-order valence-corrected chi connectivity index (χ3v) is 4.67. The van der Waals surface area contributed by atoms with E-state index >= 15 is 0 Å². The molecule has 0 heterocycles. The van der Waals surface area contributed by atoms with E-state index in [9.17, 15) is 22.0 Å². The van der Waals surface area contributed by atoms with Gasteiger partial charge in [-0.2, -0.15) is 0 Å². The molecule has 0 bridgehead atoms. The van der Waals surface area contributed by atoms with Crippen molar-refractivity contribution in [2.75, 3.05) is 5.75 Å². The quantitative estimate of drug-likeness (QED) is 0.904. The Kier molecular flexibility index (Phi) is 4.08. The molecule has 0 spiro atoms. The maximum atomic E-state index is 13.5. The lowest BCUT2D eigenvalue weighted by Gasteiger charge is -2.06. The van der Waals surface area contributed by atoms with Crippen LogP contribution in [0.4, 0.5) is 8.78 Å². The summed E-state index contributed by atoms with van der Waals surface area (Å²) < 4.78 is 51.5. The lowest BCUT2D eigenvalue weighted by atomic mass is 10.1. The van der Waals surface area contributed by atoms with Crippen LogP contribution in [0.3, 0.4) is 0 Å². The molecule has 20 heavy (non-hydrogen) atoms. The summed E-state index contributed by atoms with van der Waals surface area (Å²) in [6, 6.07) is 3.06. The van der Waals surface area contributed by atoms with Gasteiger partial charge in [-0.3, -0.25) is 9.52 Å². The highest BCUT2D eigenvalue weighted by Gasteiger charge is 2.46. The summed E-state index contributed by atoms with van der Waals surface area (Å²) >= 11 is 0. The fraction of sp³-hybridized carbons (Fsp3) is 0.462. The van der Waals surface area contributed by atoms with Crippen molar-refractivity contribution in [3.63, 3.8) is 0 Å². The minimum absolute atomic E-state index is 0.123. The molecule has 0 saturated heterocycles. The highest BCUT2D eigenvalue weighted by Crippen LogP contribution is 2.48. The van der Waals surface area contributed by atoms with E-state index in [-0.39, 0.29) is 11.3 Å². The van der Waals surface area contributed by atoms with Gasteiger partial charge >= 0.3 is 0 Å². The Labute approximate surface area is 116 Å². The average molecular weight is 303 g/mol. The second-order valence-corrected chi connectivity index (χ2v) is 6.74. The summed E-state index contributed by atoms with van der Waals surface area (Å²) in [5.74, 6) is -3.01. The zero-order valence-electron chi connectivity index (χ0n) is 10.9. The monoisotopic (exact) mass is 303 g/mol. The van der Waals surface area contributed by atoms with Crippen LogP contribution in [0.2, 0.25) is 0 Å². The topological polar surface area (TPSA) is 63.2 Å². The minimum Gasteiger partial charge on any atom is -0.274 e. The van der Waals surface area contributed by atoms with Crippen LogP contribution in [0.15, 0.2) is 18.2 Å². The molecule has 1 amide bonds. The number of amides is 1. The summed E-state index contributed by atoms with van der Waals surface area (Å²) in [6.45, 7) is 1.69. The van der Waals surface area contributed by atoms with Gasteiger partial charge in [-0.25, -0.2) is 17.2 Å². The number of benzene rings is 1. The number of halogens is 2. The molecule has 1 aliphatic carbocycles. The van der Waals surface area contributed by atoms with Gasteiger partial charge in [-0.1, -0.05) is 6.92 Å². The Morgan fingerprint density at radius 3 is 2.75 bits per heavy atom. The van der Waals surface area contributed by atoms with Gasteiger partial charge < -0.3 is 0 Å². The number of hydrogen-bond acceptors (Lipinski definition) is 3. The Morgan fingerprint density at radius 1 is 1.40 bits per heavy atom. The van der Waals surface area contributed by atoms with Gasteiger partial charge in [0, 0.05) is 5.92 Å². The number of carbonyl (C=O) groups excluding carboxylic acids is 1. The molecule has 2 rings (SSSR count). The highest BCUT2D eigenvalue weighted by molar-refractivity contribution is 7.90. The summed E-state index contributed by atoms with van der Waals surface area (Å²) in [6.07, 6.45) is 0.725. The van der Waals surface area contributed by atoms with Gasteiger partial charge in [0.25, 0.3) is 0 Å². The fourth-order valence-corrected chi connectivity index (χ4v) is 3.27. The average Bonchev–Trinajstić information content (AvgIpc) is 3.11. The van der Waals surface area contributed by atoms with Crippen molar-refractivity contribution in [1.82, 2.24) is 4.72 Å². The third kappa shape index (κ3) is 3.33. The normalized spacial score (nSPS) is 21.6. The molecule has 1 N–H and O–H groups in total. The van der Waals surface area contributed by atoms with Crippen molar-refractivity contribution in [2.24, 2.45) is 5.92 Å². The van der Waals surface area contributed by atoms with Gasteiger partial charge in [0.05, 0.1) is 5.75 Å². The first-order valence-corrected chi connectivity index (χ1v) is 7.98. The first-order chi connectivity index (χ1) is 9.34. The van der Waals surface area contributed by atoms with E-state index in [1.54, 1.807) is 6.92 Å². The number of hydrogen-bond donors (Lipinski definition) is 1. The maximum Gasteiger partial charge on any atom is 0.237 e. The van der Waals surface area contributed by atoms with Gasteiger partial charge in [-0.05, 0) is 42.5 Å². The molecule has 0 aromatic heterocycles. The predicted molar refractivity (Wildman–Crippen MR) is 69.4 cm³/mol. The standard InChI is InChI=1S/C13H15F2NO3S/c1-2-5-20(18,19)16-13(17)11-7-9(11)10-6-8(14)3-4-12(10)15/h3-4,6,9,11H,2,5,7H2,1H3,(H,16,17)/t9-,11+/m0/s1. The largest absolute Gasteiger partial charge is 0.274 e. The van der Waals surface area contributed by atoms with Crippen LogP contribution in [-0.2, 0) is 14.8 Å². The second-order valence-electron chi connectivity index (χ2n) is 4.90. The van der Waals surface area contributed by atoms with E-state index in [4.69, 9.17) is 0 Å². The van der Waals surface area contributed by atoms with Crippen LogP contribution in [0, 0.1) is 17.6 Å². The van der Waals surface area contributed by atoms with Crippen LogP contribution < -0.4 is 4.72 Å². The zero-order valence-corrected chi connectivity index (χ0v) is 11.7. The maximum absolute atomic E-state index is 13.5. The molecular weight excluding hydrogens is 288 g/mol. The van der Waals surface area contributed by atoms with Gasteiger partial charge in [0.2, 0.25) is 15.9 Å². The molecule has 4 nitrogen and oxygen atoms in total. The van der Waals surface area contributed by atoms with Crippen molar-refractivity contribution in [1.29, 1.82) is 0 Å². The molecule has 0 unspecified atom stereocenters. The molecule has 2 atom stereocenters. The highest BCUT2D eigenvalue weighted by atomic mass is 32.2. The first-order valence-electron chi connectivity index (χ1n) is 6.33. The van der Waals surface area contributed by atoms with Crippen molar-refractivity contribution < 1.29 is 22.0 Å². The van der Waals surface area contributed by atoms with E-state index in [0.29, 0.717) is 12.8 Å². The first kappa shape index (κ1) is 14.9. The van der Waals surface area contributed by atoms with Crippen LogP contribution in [0.1, 0.15) is 31.2 Å². The zero-order chi connectivity index (χ0) is 14.9. The Hall–Kier alpha value is -1.50. The summed E-state index contributed by atoms with van der Waals surface area (Å²) in [4.78, 5) is 11.8. The molecule has 1 aromatic carbocycles. The van der Waals surface area contributed by atoms with Crippen LogP contribution in [0.5, 0.6) is 0 Å². The molecule has 1 saturated carbocycles. The van der Waals surface area contributed by atoms with Crippen molar-refractivity contribution in [2.45, 2.75) is 25.7 Å². The number of nitrogens with one attached hydrogen (secondary N) is 1. The summed E-state index contributed by atoms with van der Waals surface area (Å²) in [5.41, 5.74) is 0.123. The molecule has 7 heteroatoms. The third-order valence-electron chi connectivity index (χ3n) is 3.21. The summed E-state index contributed by atoms with van der Waals surface area (Å²) in [5, 5.41) is 0. The fourth-order valence-electron chi connectivity index (χ4n) is 2.18. The van der Waals surface area contributed by atoms with Gasteiger partial charge in [0.1, 0.15) is 11.6 Å². The predicted octanol–water partition coefficient (Wildman–Crippen LogP) is 1.92. The minimum atomic E-state index is -3.63. The Balaban J connectivity index is 2.05. The smallest absolute Gasteiger partial charge is 0.237 e. The molecule has 1 aromatic rings. The Bertz CT molecular complexity index is 631. The summed E-state index contributed by atoms with van der Waals surface area (Å²) in [7, 11) is -3.63. The van der Waals surface area contributed by atoms with E-state index in [1.807, 2.05) is 4.72 Å². The number of carbonyl (C=O) groups is 1. The SMILES string of the molecule is CCCS(=O)(=O)NC(=O)[C@@H]1C[C@H]1c1cc(F)ccc1F. The van der Waals surface area contributed by atoms with E-state index < -0.39 is 39.4 Å². The molecule has 110 valence electrons. The lowest BCUT2D eigenvalue weighted by molar-refractivity contribution is -0.120. The van der Waals surface area contributed by atoms with Gasteiger partial charge in [-0.15, -0.1) is 0 Å². The molecule has 0 radical (unpaired) electrons.